The molecule has 1 saturated heterocycles. The van der Waals surface area contributed by atoms with E-state index in [1.54, 1.807) is 0 Å². The summed E-state index contributed by atoms with van der Waals surface area (Å²) >= 11 is 0. The predicted molar refractivity (Wildman–Crippen MR) is 104 cm³/mol. The molecule has 1 heterocycles. The maximum atomic E-state index is 5.92. The quantitative estimate of drug-likeness (QED) is 0.782. The molecule has 1 atom stereocenters. The van der Waals surface area contributed by atoms with Crippen LogP contribution in [0, 0.1) is 6.92 Å². The van der Waals surface area contributed by atoms with E-state index in [2.05, 4.69) is 72.6 Å². The van der Waals surface area contributed by atoms with Crippen LogP contribution in [0.5, 0.6) is 5.75 Å². The number of aryl methyl sites for hydroxylation is 1. The van der Waals surface area contributed by atoms with Gasteiger partial charge in [-0.1, -0.05) is 43.3 Å². The number of benzene rings is 2. The third kappa shape index (κ3) is 5.07. The summed E-state index contributed by atoms with van der Waals surface area (Å²) in [6, 6.07) is 17.5. The number of likely N-dealkylation sites (tertiary alicyclic amines) is 1. The van der Waals surface area contributed by atoms with Crippen molar-refractivity contribution in [1.29, 1.82) is 0 Å². The van der Waals surface area contributed by atoms with Crippen molar-refractivity contribution in [3.8, 4) is 5.75 Å². The largest absolute Gasteiger partial charge is 0.489 e. The molecule has 1 N–H and O–H groups in total. The Labute approximate surface area is 152 Å². The molecule has 0 aromatic heterocycles. The van der Waals surface area contributed by atoms with Crippen LogP contribution in [0.15, 0.2) is 48.5 Å². The van der Waals surface area contributed by atoms with E-state index in [1.165, 1.54) is 42.6 Å². The van der Waals surface area contributed by atoms with Crippen LogP contribution >= 0.6 is 0 Å². The Morgan fingerprint density at radius 3 is 2.68 bits per heavy atom. The number of rotatable bonds is 8. The number of hydrogen-bond acceptors (Lipinski definition) is 3. The third-order valence-electron chi connectivity index (χ3n) is 5.19. The molecule has 3 heteroatoms. The van der Waals surface area contributed by atoms with Gasteiger partial charge in [0.1, 0.15) is 12.4 Å². The zero-order valence-electron chi connectivity index (χ0n) is 15.5. The second-order valence-corrected chi connectivity index (χ2v) is 6.91. The highest BCUT2D eigenvalue weighted by Gasteiger charge is 2.21. The summed E-state index contributed by atoms with van der Waals surface area (Å²) in [5.41, 5.74) is 3.82. The van der Waals surface area contributed by atoms with E-state index in [1.807, 2.05) is 0 Å². The smallest absolute Gasteiger partial charge is 0.119 e. The first-order valence-electron chi connectivity index (χ1n) is 9.47. The monoisotopic (exact) mass is 338 g/mol. The number of nitrogens with one attached hydrogen (secondary N) is 1. The summed E-state index contributed by atoms with van der Waals surface area (Å²) in [7, 11) is 0. The van der Waals surface area contributed by atoms with Gasteiger partial charge in [0.25, 0.3) is 0 Å². The molecule has 2 aromatic rings. The van der Waals surface area contributed by atoms with Gasteiger partial charge in [0.05, 0.1) is 0 Å². The molecule has 3 nitrogen and oxygen atoms in total. The van der Waals surface area contributed by atoms with Gasteiger partial charge in [0.15, 0.2) is 0 Å². The van der Waals surface area contributed by atoms with Crippen LogP contribution < -0.4 is 10.1 Å². The van der Waals surface area contributed by atoms with E-state index in [4.69, 9.17) is 4.74 Å². The van der Waals surface area contributed by atoms with Gasteiger partial charge in [0, 0.05) is 19.1 Å². The molecule has 2 aromatic carbocycles. The van der Waals surface area contributed by atoms with E-state index in [9.17, 15) is 0 Å². The first kappa shape index (κ1) is 18.0. The third-order valence-corrected chi connectivity index (χ3v) is 5.19. The Kier molecular flexibility index (Phi) is 6.48. The van der Waals surface area contributed by atoms with Crippen molar-refractivity contribution in [1.82, 2.24) is 10.2 Å². The van der Waals surface area contributed by atoms with Crippen molar-refractivity contribution in [2.45, 2.75) is 45.9 Å². The van der Waals surface area contributed by atoms with E-state index in [0.29, 0.717) is 12.6 Å². The number of ether oxygens (including phenoxy) is 1. The van der Waals surface area contributed by atoms with Gasteiger partial charge < -0.3 is 10.1 Å². The molecule has 0 aliphatic carbocycles. The minimum absolute atomic E-state index is 0.624. The van der Waals surface area contributed by atoms with Gasteiger partial charge in [0.2, 0.25) is 0 Å². The van der Waals surface area contributed by atoms with Gasteiger partial charge in [-0.15, -0.1) is 0 Å². The van der Waals surface area contributed by atoms with E-state index < -0.39 is 0 Å². The lowest BCUT2D eigenvalue weighted by Crippen LogP contribution is -2.37. The van der Waals surface area contributed by atoms with Gasteiger partial charge >= 0.3 is 0 Å². The second-order valence-electron chi connectivity index (χ2n) is 6.91. The highest BCUT2D eigenvalue weighted by molar-refractivity contribution is 5.29. The minimum atomic E-state index is 0.624. The highest BCUT2D eigenvalue weighted by atomic mass is 16.5. The Morgan fingerprint density at radius 2 is 1.92 bits per heavy atom. The molecule has 0 bridgehead atoms. The normalized spacial score (nSPS) is 17.8. The lowest BCUT2D eigenvalue weighted by Gasteiger charge is -2.23. The summed E-state index contributed by atoms with van der Waals surface area (Å²) in [4.78, 5) is 2.58. The zero-order valence-corrected chi connectivity index (χ0v) is 15.5. The molecule has 3 rings (SSSR count). The summed E-state index contributed by atoms with van der Waals surface area (Å²) in [6.45, 7) is 9.44. The Morgan fingerprint density at radius 1 is 1.12 bits per heavy atom. The van der Waals surface area contributed by atoms with Crippen LogP contribution in [-0.2, 0) is 13.2 Å². The van der Waals surface area contributed by atoms with Gasteiger partial charge in [-0.25, -0.2) is 0 Å². The molecule has 134 valence electrons. The van der Waals surface area contributed by atoms with Crippen LogP contribution in [0.1, 0.15) is 36.5 Å². The SMILES string of the molecule is CCN1CCC[C@@H]1CNCc1ccc(OCc2ccccc2C)cc1. The molecular weight excluding hydrogens is 308 g/mol. The molecule has 0 amide bonds. The Bertz CT molecular complexity index is 653. The van der Waals surface area contributed by atoms with Crippen LogP contribution in [0.2, 0.25) is 0 Å². The second kappa shape index (κ2) is 9.02. The van der Waals surface area contributed by atoms with Crippen molar-refractivity contribution in [2.75, 3.05) is 19.6 Å². The van der Waals surface area contributed by atoms with Gasteiger partial charge in [-0.3, -0.25) is 4.90 Å². The first-order chi connectivity index (χ1) is 12.3. The lowest BCUT2D eigenvalue weighted by molar-refractivity contribution is 0.260. The Hall–Kier alpha value is -1.84. The van der Waals surface area contributed by atoms with Crippen LogP contribution in [0.3, 0.4) is 0 Å². The maximum Gasteiger partial charge on any atom is 0.119 e. The molecule has 1 fully saturated rings. The van der Waals surface area contributed by atoms with E-state index in [0.717, 1.165) is 18.8 Å². The van der Waals surface area contributed by atoms with Crippen LogP contribution in [0.25, 0.3) is 0 Å². The van der Waals surface area contributed by atoms with Crippen molar-refractivity contribution < 1.29 is 4.74 Å². The highest BCUT2D eigenvalue weighted by Crippen LogP contribution is 2.17. The fraction of sp³-hybridized carbons (Fsp3) is 0.455. The van der Waals surface area contributed by atoms with Crippen LogP contribution in [0.4, 0.5) is 0 Å². The van der Waals surface area contributed by atoms with E-state index >= 15 is 0 Å². The average molecular weight is 338 g/mol. The molecule has 1 aliphatic heterocycles. The zero-order chi connectivity index (χ0) is 17.5. The summed E-state index contributed by atoms with van der Waals surface area (Å²) in [5.74, 6) is 0.931. The maximum absolute atomic E-state index is 5.92. The molecule has 1 aliphatic rings. The molecule has 0 spiro atoms. The van der Waals surface area contributed by atoms with Crippen molar-refractivity contribution in [3.63, 3.8) is 0 Å². The van der Waals surface area contributed by atoms with Crippen molar-refractivity contribution >= 4 is 0 Å². The van der Waals surface area contributed by atoms with Gasteiger partial charge in [-0.05, 0) is 61.7 Å². The average Bonchev–Trinajstić information content (AvgIpc) is 3.10. The summed E-state index contributed by atoms with van der Waals surface area (Å²) in [6.07, 6.45) is 2.67. The summed E-state index contributed by atoms with van der Waals surface area (Å²) < 4.78 is 5.92. The lowest BCUT2D eigenvalue weighted by atomic mass is 10.1. The molecule has 0 unspecified atom stereocenters. The number of hydrogen-bond donors (Lipinski definition) is 1. The van der Waals surface area contributed by atoms with Crippen molar-refractivity contribution in [2.24, 2.45) is 0 Å². The molecular formula is C22H30N2O. The summed E-state index contributed by atoms with van der Waals surface area (Å²) in [5, 5.41) is 3.61. The molecule has 0 saturated carbocycles. The standard InChI is InChI=1S/C22H30N2O/c1-3-24-14-6-9-21(24)16-23-15-19-10-12-22(13-11-19)25-17-20-8-5-4-7-18(20)2/h4-5,7-8,10-13,21,23H,3,6,9,14-17H2,1-2H3/t21-/m1/s1. The van der Waals surface area contributed by atoms with Gasteiger partial charge in [-0.2, -0.15) is 0 Å². The molecule has 0 radical (unpaired) electrons. The fourth-order valence-corrected chi connectivity index (χ4v) is 3.56. The number of nitrogens with zero attached hydrogens (tertiary/aromatic N) is 1. The van der Waals surface area contributed by atoms with Crippen molar-refractivity contribution in [3.05, 3.63) is 65.2 Å². The number of likely N-dealkylation sites (N-methyl/N-ethyl adjacent to an activating group) is 1. The predicted octanol–water partition coefficient (Wildman–Crippen LogP) is 4.15. The topological polar surface area (TPSA) is 24.5 Å². The first-order valence-corrected chi connectivity index (χ1v) is 9.47. The Balaban J connectivity index is 1.43. The van der Waals surface area contributed by atoms with Crippen LogP contribution in [-0.4, -0.2) is 30.6 Å². The molecule has 25 heavy (non-hydrogen) atoms. The fourth-order valence-electron chi connectivity index (χ4n) is 3.56. The minimum Gasteiger partial charge on any atom is -0.489 e. The van der Waals surface area contributed by atoms with E-state index in [-0.39, 0.29) is 0 Å².